The number of rotatable bonds is 6. The molecule has 0 radical (unpaired) electrons. The van der Waals surface area contributed by atoms with Gasteiger partial charge in [0.15, 0.2) is 34.5 Å². The quantitative estimate of drug-likeness (QED) is 0.172. The van der Waals surface area contributed by atoms with Crippen LogP contribution in [0.1, 0.15) is 11.1 Å². The number of hydrogen-bond donors (Lipinski definition) is 0. The summed E-state index contributed by atoms with van der Waals surface area (Å²) in [4.78, 5) is 7.23. The number of fused-ring (bicyclic) bond motifs is 3. The molecule has 3 aliphatic rings. The molecule has 48 heavy (non-hydrogen) atoms. The second-order valence-corrected chi connectivity index (χ2v) is 14.7. The van der Waals surface area contributed by atoms with Crippen LogP contribution in [0.5, 0.6) is 34.5 Å². The fraction of sp³-hybridized carbons (Fsp3) is 0.211. The Bertz CT molecular complexity index is 2070. The van der Waals surface area contributed by atoms with E-state index in [1.807, 2.05) is 5.38 Å². The molecular formula is C38H31NO6S3. The van der Waals surface area contributed by atoms with Crippen molar-refractivity contribution in [2.24, 2.45) is 0 Å². The van der Waals surface area contributed by atoms with Gasteiger partial charge in [-0.2, -0.15) is 0 Å². The van der Waals surface area contributed by atoms with E-state index < -0.39 is 0 Å². The van der Waals surface area contributed by atoms with E-state index in [0.717, 1.165) is 81.5 Å². The first-order valence-electron chi connectivity index (χ1n) is 15.9. The van der Waals surface area contributed by atoms with Crippen LogP contribution in [-0.2, 0) is 0 Å². The van der Waals surface area contributed by atoms with Crippen molar-refractivity contribution in [3.05, 3.63) is 89.3 Å². The number of thiophene rings is 3. The summed E-state index contributed by atoms with van der Waals surface area (Å²) in [7, 11) is 0. The molecule has 0 amide bonds. The zero-order chi connectivity index (χ0) is 32.2. The Labute approximate surface area is 290 Å². The smallest absolute Gasteiger partial charge is 0.181 e. The van der Waals surface area contributed by atoms with Crippen LogP contribution in [0.4, 0.5) is 17.1 Å². The van der Waals surface area contributed by atoms with E-state index in [1.165, 1.54) is 11.1 Å². The van der Waals surface area contributed by atoms with Crippen LogP contribution >= 0.6 is 34.0 Å². The van der Waals surface area contributed by atoms with Crippen molar-refractivity contribution in [3.8, 4) is 64.4 Å². The minimum absolute atomic E-state index is 0.482. The summed E-state index contributed by atoms with van der Waals surface area (Å²) in [5.74, 6) is 4.57. The summed E-state index contributed by atoms with van der Waals surface area (Å²) < 4.78 is 37.1. The lowest BCUT2D eigenvalue weighted by molar-refractivity contribution is 0.171. The van der Waals surface area contributed by atoms with Crippen LogP contribution < -0.4 is 33.3 Å². The van der Waals surface area contributed by atoms with Crippen LogP contribution in [0.2, 0.25) is 0 Å². The van der Waals surface area contributed by atoms with Gasteiger partial charge in [-0.05, 0) is 55.8 Å². The van der Waals surface area contributed by atoms with Gasteiger partial charge in [0.25, 0.3) is 0 Å². The van der Waals surface area contributed by atoms with Crippen LogP contribution in [-0.4, -0.2) is 39.6 Å². The van der Waals surface area contributed by atoms with Crippen molar-refractivity contribution >= 4 is 51.1 Å². The molecule has 0 N–H and O–H groups in total. The molecule has 3 aromatic heterocycles. The Balaban J connectivity index is 1.13. The molecule has 6 aromatic rings. The Kier molecular flexibility index (Phi) is 7.44. The van der Waals surface area contributed by atoms with Gasteiger partial charge < -0.3 is 33.3 Å². The minimum Gasteiger partial charge on any atom is -0.485 e. The zero-order valence-corrected chi connectivity index (χ0v) is 28.8. The van der Waals surface area contributed by atoms with Gasteiger partial charge in [-0.1, -0.05) is 47.5 Å². The molecule has 0 unspecified atom stereocenters. The highest BCUT2D eigenvalue weighted by Gasteiger charge is 2.35. The van der Waals surface area contributed by atoms with Gasteiger partial charge in [-0.25, -0.2) is 0 Å². The highest BCUT2D eigenvalue weighted by atomic mass is 32.1. The first-order chi connectivity index (χ1) is 23.6. The van der Waals surface area contributed by atoms with Crippen LogP contribution in [0.25, 0.3) is 29.9 Å². The van der Waals surface area contributed by atoms with E-state index in [1.54, 1.807) is 34.0 Å². The molecule has 0 spiro atoms. The lowest BCUT2D eigenvalue weighted by Gasteiger charge is -2.26. The maximum absolute atomic E-state index is 6.33. The standard InChI is InChI=1S/C38H31NO6S3/c1-22-3-9-25(10-4-22)39(26-11-5-23(2)6-12-26)27-13-7-24(8-14-27)34-30-31(43-18-17-42-30)37(47-34)38-33-32(44-19-20-45-33)36(48-38)35-29-28(21-46-35)40-15-16-41-29/h3-14,21H,15-20H2,1-2H3. The lowest BCUT2D eigenvalue weighted by Crippen LogP contribution is -2.16. The molecular weight excluding hydrogens is 663 g/mol. The third-order valence-corrected chi connectivity index (χ3v) is 12.1. The molecule has 0 bridgehead atoms. The summed E-state index contributed by atoms with van der Waals surface area (Å²) in [5.41, 5.74) is 6.80. The monoisotopic (exact) mass is 693 g/mol. The Morgan fingerprint density at radius 1 is 0.438 bits per heavy atom. The van der Waals surface area contributed by atoms with Gasteiger partial charge in [0.1, 0.15) is 39.6 Å². The molecule has 0 fully saturated rings. The van der Waals surface area contributed by atoms with Gasteiger partial charge >= 0.3 is 0 Å². The maximum atomic E-state index is 6.33. The Morgan fingerprint density at radius 3 is 1.35 bits per heavy atom. The highest BCUT2D eigenvalue weighted by Crippen LogP contribution is 2.63. The van der Waals surface area contributed by atoms with Crippen LogP contribution in [0, 0.1) is 13.8 Å². The molecule has 3 aliphatic heterocycles. The average Bonchev–Trinajstić information content (AvgIpc) is 3.84. The van der Waals surface area contributed by atoms with Crippen molar-refractivity contribution in [1.29, 1.82) is 0 Å². The van der Waals surface area contributed by atoms with E-state index in [0.29, 0.717) is 39.6 Å². The van der Waals surface area contributed by atoms with E-state index in [9.17, 15) is 0 Å². The number of ether oxygens (including phenoxy) is 6. The summed E-state index contributed by atoms with van der Waals surface area (Å²) in [6.45, 7) is 7.25. The Morgan fingerprint density at radius 2 is 0.833 bits per heavy atom. The van der Waals surface area contributed by atoms with Gasteiger partial charge in [0, 0.05) is 22.4 Å². The average molecular weight is 694 g/mol. The summed E-state index contributed by atoms with van der Waals surface area (Å²) in [6, 6.07) is 26.0. The van der Waals surface area contributed by atoms with Gasteiger partial charge in [0.05, 0.1) is 24.4 Å². The van der Waals surface area contributed by atoms with E-state index in [-0.39, 0.29) is 0 Å². The van der Waals surface area contributed by atoms with E-state index >= 15 is 0 Å². The highest BCUT2D eigenvalue weighted by molar-refractivity contribution is 7.28. The van der Waals surface area contributed by atoms with Crippen LogP contribution in [0.15, 0.2) is 78.2 Å². The minimum atomic E-state index is 0.482. The number of nitrogens with zero attached hydrogens (tertiary/aromatic N) is 1. The first-order valence-corrected chi connectivity index (χ1v) is 18.4. The normalized spacial score (nSPS) is 14.5. The predicted molar refractivity (Wildman–Crippen MR) is 194 cm³/mol. The third kappa shape index (κ3) is 5.06. The number of aryl methyl sites for hydroxylation is 2. The van der Waals surface area contributed by atoms with Crippen molar-refractivity contribution in [3.63, 3.8) is 0 Å². The molecule has 242 valence electrons. The fourth-order valence-electron chi connectivity index (χ4n) is 6.16. The van der Waals surface area contributed by atoms with Crippen molar-refractivity contribution < 1.29 is 28.4 Å². The molecule has 0 saturated heterocycles. The second-order valence-electron chi connectivity index (χ2n) is 11.7. The van der Waals surface area contributed by atoms with Crippen LogP contribution in [0.3, 0.4) is 0 Å². The van der Waals surface area contributed by atoms with Crippen molar-refractivity contribution in [2.45, 2.75) is 13.8 Å². The third-order valence-electron chi connectivity index (χ3n) is 8.48. The molecule has 7 nitrogen and oxygen atoms in total. The maximum Gasteiger partial charge on any atom is 0.181 e. The fourth-order valence-corrected chi connectivity index (χ4v) is 9.74. The summed E-state index contributed by atoms with van der Waals surface area (Å²) in [5, 5.41) is 2.00. The van der Waals surface area contributed by atoms with Gasteiger partial charge in [-0.3, -0.25) is 0 Å². The summed E-state index contributed by atoms with van der Waals surface area (Å²) >= 11 is 4.90. The number of hydrogen-bond acceptors (Lipinski definition) is 10. The predicted octanol–water partition coefficient (Wildman–Crippen LogP) is 10.3. The molecule has 6 heterocycles. The van der Waals surface area contributed by atoms with Gasteiger partial charge in [-0.15, -0.1) is 34.0 Å². The molecule has 9 rings (SSSR count). The van der Waals surface area contributed by atoms with E-state index in [2.05, 4.69) is 91.5 Å². The van der Waals surface area contributed by atoms with Crippen molar-refractivity contribution in [2.75, 3.05) is 44.5 Å². The largest absolute Gasteiger partial charge is 0.485 e. The zero-order valence-electron chi connectivity index (χ0n) is 26.4. The number of anilines is 3. The number of benzene rings is 3. The summed E-state index contributed by atoms with van der Waals surface area (Å²) in [6.07, 6.45) is 0. The molecule has 0 saturated carbocycles. The van der Waals surface area contributed by atoms with E-state index in [4.69, 9.17) is 28.4 Å². The SMILES string of the molecule is Cc1ccc(N(c2ccc(C)cc2)c2ccc(-c3sc(-c4sc(-c5scc6c5OCCO6)c5c4OCCO5)c4c3OCCO4)cc2)cc1. The van der Waals surface area contributed by atoms with Gasteiger partial charge in [0.2, 0.25) is 0 Å². The molecule has 10 heteroatoms. The molecule has 0 aliphatic carbocycles. The lowest BCUT2D eigenvalue weighted by atomic mass is 10.1. The second kappa shape index (κ2) is 12.1. The first kappa shape index (κ1) is 29.5. The molecule has 0 atom stereocenters. The topological polar surface area (TPSA) is 58.6 Å². The Hall–Kier alpha value is -4.64. The molecule has 3 aromatic carbocycles. The van der Waals surface area contributed by atoms with Crippen molar-refractivity contribution in [1.82, 2.24) is 0 Å².